The topological polar surface area (TPSA) is 32.7 Å². The summed E-state index contributed by atoms with van der Waals surface area (Å²) in [6.45, 7) is 0. The number of rotatable bonds is 1. The summed E-state index contributed by atoms with van der Waals surface area (Å²) in [6.07, 6.45) is 12.9. The van der Waals surface area contributed by atoms with Gasteiger partial charge in [-0.15, -0.1) is 4.91 Å². The fourth-order valence-corrected chi connectivity index (χ4v) is 3.36. The first-order valence-corrected chi connectivity index (χ1v) is 6.42. The van der Waals surface area contributed by atoms with Crippen molar-refractivity contribution in [3.8, 4) is 0 Å². The van der Waals surface area contributed by atoms with E-state index in [0.29, 0.717) is 6.04 Å². The van der Waals surface area contributed by atoms with Gasteiger partial charge in [0.05, 0.1) is 17.4 Å². The summed E-state index contributed by atoms with van der Waals surface area (Å²) in [5.74, 6) is 0. The average molecular weight is 218 g/mol. The Balaban J connectivity index is 1.99. The van der Waals surface area contributed by atoms with E-state index in [1.807, 2.05) is 5.01 Å². The van der Waals surface area contributed by atoms with Crippen molar-refractivity contribution >= 4 is 0 Å². The Morgan fingerprint density at radius 3 is 2.94 bits per heavy atom. The number of hydrogen-bond acceptors (Lipinski definition) is 2. The molecule has 16 heavy (non-hydrogen) atoms. The summed E-state index contributed by atoms with van der Waals surface area (Å²) in [5.41, 5.74) is 2.79. The van der Waals surface area contributed by atoms with Crippen molar-refractivity contribution < 1.29 is 0 Å². The van der Waals surface area contributed by atoms with Crippen molar-refractivity contribution in [2.75, 3.05) is 0 Å². The maximum Gasteiger partial charge on any atom is 0.0756 e. The van der Waals surface area contributed by atoms with Gasteiger partial charge in [-0.2, -0.15) is 0 Å². The number of nitroso groups, excluding NO2 is 1. The van der Waals surface area contributed by atoms with Crippen LogP contribution in [0.2, 0.25) is 0 Å². The molecule has 0 aromatic heterocycles. The van der Waals surface area contributed by atoms with E-state index in [2.05, 4.69) is 17.4 Å². The van der Waals surface area contributed by atoms with Crippen molar-refractivity contribution in [3.05, 3.63) is 28.2 Å². The molecule has 0 saturated heterocycles. The molecule has 0 N–H and O–H groups in total. The predicted molar refractivity (Wildman–Crippen MR) is 63.7 cm³/mol. The van der Waals surface area contributed by atoms with Gasteiger partial charge in [-0.1, -0.05) is 18.6 Å². The zero-order chi connectivity index (χ0) is 11.0. The minimum atomic E-state index is 0.276. The lowest BCUT2D eigenvalue weighted by molar-refractivity contribution is 0.138. The summed E-state index contributed by atoms with van der Waals surface area (Å²) in [4.78, 5) is 11.1. The number of fused-ring (bicyclic) bond motifs is 2. The average Bonchev–Trinajstić information content (AvgIpc) is 2.36. The molecule has 1 fully saturated rings. The maximum absolute atomic E-state index is 11.1. The summed E-state index contributed by atoms with van der Waals surface area (Å²) in [6, 6.07) is 0.588. The van der Waals surface area contributed by atoms with Crippen LogP contribution in [0.3, 0.4) is 0 Å². The summed E-state index contributed by atoms with van der Waals surface area (Å²) in [7, 11) is 0. The maximum atomic E-state index is 11.1. The lowest BCUT2D eigenvalue weighted by atomic mass is 9.80. The molecule has 0 radical (unpaired) electrons. The molecule has 0 unspecified atom stereocenters. The normalized spacial score (nSPS) is 33.4. The molecule has 2 aliphatic carbocycles. The molecule has 0 spiro atoms. The van der Waals surface area contributed by atoms with E-state index in [-0.39, 0.29) is 6.04 Å². The second-order valence-corrected chi connectivity index (χ2v) is 5.09. The summed E-state index contributed by atoms with van der Waals surface area (Å²) >= 11 is 0. The Bertz CT molecular complexity index is 359. The molecular formula is C13H18N2O. The second kappa shape index (κ2) is 4.04. The monoisotopic (exact) mass is 218 g/mol. The van der Waals surface area contributed by atoms with Crippen molar-refractivity contribution in [2.45, 2.75) is 57.0 Å². The summed E-state index contributed by atoms with van der Waals surface area (Å²) in [5, 5.41) is 5.16. The quantitative estimate of drug-likeness (QED) is 0.632. The van der Waals surface area contributed by atoms with Gasteiger partial charge in [-0.05, 0) is 49.7 Å². The lowest BCUT2D eigenvalue weighted by Gasteiger charge is -2.42. The smallest absolute Gasteiger partial charge is 0.0756 e. The Kier molecular flexibility index (Phi) is 2.54. The molecule has 2 atom stereocenters. The van der Waals surface area contributed by atoms with E-state index in [1.165, 1.54) is 30.4 Å². The second-order valence-electron chi connectivity index (χ2n) is 5.09. The molecule has 0 aromatic carbocycles. The first-order valence-electron chi connectivity index (χ1n) is 6.42. The van der Waals surface area contributed by atoms with Gasteiger partial charge in [0.15, 0.2) is 0 Å². The lowest BCUT2D eigenvalue weighted by Crippen LogP contribution is -2.46. The van der Waals surface area contributed by atoms with E-state index in [4.69, 9.17) is 0 Å². The number of hydrogen-bond donors (Lipinski definition) is 0. The number of allylic oxidation sites excluding steroid dienone is 1. The van der Waals surface area contributed by atoms with Crippen LogP contribution < -0.4 is 0 Å². The van der Waals surface area contributed by atoms with Crippen LogP contribution in [0.25, 0.3) is 0 Å². The zero-order valence-electron chi connectivity index (χ0n) is 9.56. The Morgan fingerprint density at radius 1 is 1.19 bits per heavy atom. The fourth-order valence-electron chi connectivity index (χ4n) is 3.36. The SMILES string of the molecule is O=NN1[C@H]2CCCC=C2C=C2CCCC[C@@H]21. The standard InChI is InChI=1S/C13H18N2O/c16-14-15-12-7-3-1-5-10(12)9-11-6-2-4-8-13(11)15/h5,9,12-13H,1-4,6-8H2/t12-,13-/m0/s1. The Morgan fingerprint density at radius 2 is 2.06 bits per heavy atom. The highest BCUT2D eigenvalue weighted by molar-refractivity contribution is 5.37. The van der Waals surface area contributed by atoms with Gasteiger partial charge in [0, 0.05) is 0 Å². The van der Waals surface area contributed by atoms with Gasteiger partial charge in [0.2, 0.25) is 0 Å². The van der Waals surface area contributed by atoms with E-state index in [1.54, 1.807) is 0 Å². The van der Waals surface area contributed by atoms with E-state index >= 15 is 0 Å². The molecule has 3 heteroatoms. The van der Waals surface area contributed by atoms with Gasteiger partial charge in [0.1, 0.15) is 0 Å². The van der Waals surface area contributed by atoms with Gasteiger partial charge in [-0.3, -0.25) is 0 Å². The van der Waals surface area contributed by atoms with Gasteiger partial charge in [-0.25, -0.2) is 5.01 Å². The third kappa shape index (κ3) is 1.49. The molecule has 3 rings (SSSR count). The van der Waals surface area contributed by atoms with Gasteiger partial charge in [0.25, 0.3) is 0 Å². The first kappa shape index (κ1) is 10.1. The van der Waals surface area contributed by atoms with Gasteiger partial charge >= 0.3 is 0 Å². The van der Waals surface area contributed by atoms with Crippen molar-refractivity contribution in [1.82, 2.24) is 5.01 Å². The van der Waals surface area contributed by atoms with Crippen LogP contribution >= 0.6 is 0 Å². The van der Waals surface area contributed by atoms with Crippen molar-refractivity contribution in [2.24, 2.45) is 5.29 Å². The zero-order valence-corrected chi connectivity index (χ0v) is 9.56. The molecule has 0 amide bonds. The van der Waals surface area contributed by atoms with Crippen molar-refractivity contribution in [1.29, 1.82) is 0 Å². The van der Waals surface area contributed by atoms with Crippen LogP contribution in [-0.4, -0.2) is 17.1 Å². The molecule has 1 saturated carbocycles. The van der Waals surface area contributed by atoms with Crippen LogP contribution in [0.1, 0.15) is 44.9 Å². The highest BCUT2D eigenvalue weighted by Gasteiger charge is 2.36. The van der Waals surface area contributed by atoms with Crippen LogP contribution in [-0.2, 0) is 0 Å². The minimum Gasteiger partial charge on any atom is -0.246 e. The minimum absolute atomic E-state index is 0.276. The van der Waals surface area contributed by atoms with E-state index < -0.39 is 0 Å². The molecule has 1 aliphatic heterocycles. The molecule has 0 aromatic rings. The van der Waals surface area contributed by atoms with Crippen molar-refractivity contribution in [3.63, 3.8) is 0 Å². The highest BCUT2D eigenvalue weighted by atomic mass is 16.3. The molecular weight excluding hydrogens is 200 g/mol. The third-order valence-corrected chi connectivity index (χ3v) is 4.15. The van der Waals surface area contributed by atoms with Gasteiger partial charge < -0.3 is 0 Å². The largest absolute Gasteiger partial charge is 0.246 e. The molecule has 3 nitrogen and oxygen atoms in total. The molecule has 1 heterocycles. The van der Waals surface area contributed by atoms with Crippen LogP contribution in [0.5, 0.6) is 0 Å². The van der Waals surface area contributed by atoms with E-state index in [0.717, 1.165) is 25.7 Å². The predicted octanol–water partition coefficient (Wildman–Crippen LogP) is 3.33. The molecule has 0 bridgehead atoms. The highest BCUT2D eigenvalue weighted by Crippen LogP contribution is 2.39. The molecule has 3 aliphatic rings. The van der Waals surface area contributed by atoms with Crippen LogP contribution in [0, 0.1) is 4.91 Å². The van der Waals surface area contributed by atoms with Crippen LogP contribution in [0.4, 0.5) is 0 Å². The Hall–Kier alpha value is -1.12. The third-order valence-electron chi connectivity index (χ3n) is 4.15. The number of nitrogens with zero attached hydrogens (tertiary/aromatic N) is 2. The fraction of sp³-hybridized carbons (Fsp3) is 0.692. The van der Waals surface area contributed by atoms with Crippen LogP contribution in [0.15, 0.2) is 28.6 Å². The molecule has 86 valence electrons. The summed E-state index contributed by atoms with van der Waals surface area (Å²) < 4.78 is 0. The first-order chi connectivity index (χ1) is 7.90. The van der Waals surface area contributed by atoms with E-state index in [9.17, 15) is 4.91 Å². The Labute approximate surface area is 96.1 Å².